The molecule has 0 aromatic heterocycles. The number of likely N-dealkylation sites (tertiary alicyclic amines) is 1. The third kappa shape index (κ3) is 3.65. The van der Waals surface area contributed by atoms with Crippen LogP contribution in [0, 0.1) is 0 Å². The standard InChI is InChI=1S/C18H29N3/c1-15(2)17-5-3-16(4-6-17)13-21-11-7-18(8-12-21)14-19-9-10-20-18/h3-6,15,19-20H,7-14H2,1-2H3. The minimum atomic E-state index is 0.371. The van der Waals surface area contributed by atoms with Gasteiger partial charge in [0.05, 0.1) is 0 Å². The summed E-state index contributed by atoms with van der Waals surface area (Å²) in [5.74, 6) is 0.624. The van der Waals surface area contributed by atoms with Gasteiger partial charge in [-0.05, 0) is 29.9 Å². The average molecular weight is 287 g/mol. The molecular formula is C18H29N3. The first-order valence-corrected chi connectivity index (χ1v) is 8.44. The molecule has 1 aromatic carbocycles. The molecule has 2 saturated heterocycles. The van der Waals surface area contributed by atoms with E-state index in [-0.39, 0.29) is 0 Å². The lowest BCUT2D eigenvalue weighted by Crippen LogP contribution is -2.63. The zero-order chi connectivity index (χ0) is 14.7. The molecule has 2 aliphatic rings. The van der Waals surface area contributed by atoms with Crippen LogP contribution in [-0.2, 0) is 6.54 Å². The zero-order valence-electron chi connectivity index (χ0n) is 13.5. The van der Waals surface area contributed by atoms with E-state index in [2.05, 4.69) is 53.6 Å². The van der Waals surface area contributed by atoms with Gasteiger partial charge in [0.2, 0.25) is 0 Å². The number of hydrogen-bond donors (Lipinski definition) is 2. The summed E-state index contributed by atoms with van der Waals surface area (Å²) in [6.45, 7) is 11.4. The summed E-state index contributed by atoms with van der Waals surface area (Å²) in [6.07, 6.45) is 2.54. The van der Waals surface area contributed by atoms with Crippen molar-refractivity contribution in [3.8, 4) is 0 Å². The fourth-order valence-electron chi connectivity index (χ4n) is 3.57. The van der Waals surface area contributed by atoms with Crippen molar-refractivity contribution in [2.45, 2.75) is 44.7 Å². The Labute approximate surface area is 129 Å². The second-order valence-electron chi connectivity index (χ2n) is 7.06. The van der Waals surface area contributed by atoms with E-state index >= 15 is 0 Å². The molecule has 0 bridgehead atoms. The van der Waals surface area contributed by atoms with Gasteiger partial charge in [-0.3, -0.25) is 4.90 Å². The molecule has 3 rings (SSSR count). The highest BCUT2D eigenvalue weighted by Gasteiger charge is 2.35. The minimum absolute atomic E-state index is 0.371. The maximum Gasteiger partial charge on any atom is 0.0331 e. The van der Waals surface area contributed by atoms with E-state index in [1.165, 1.54) is 37.1 Å². The Bertz CT molecular complexity index is 436. The highest BCUT2D eigenvalue weighted by Crippen LogP contribution is 2.24. The number of hydrogen-bond acceptors (Lipinski definition) is 3. The molecule has 21 heavy (non-hydrogen) atoms. The predicted molar refractivity (Wildman–Crippen MR) is 88.6 cm³/mol. The highest BCUT2D eigenvalue weighted by atomic mass is 15.2. The Morgan fingerprint density at radius 2 is 1.81 bits per heavy atom. The molecule has 0 aliphatic carbocycles. The number of piperidine rings is 1. The molecule has 0 atom stereocenters. The quantitative estimate of drug-likeness (QED) is 0.893. The van der Waals surface area contributed by atoms with E-state index in [0.29, 0.717) is 11.5 Å². The summed E-state index contributed by atoms with van der Waals surface area (Å²) >= 11 is 0. The van der Waals surface area contributed by atoms with Crippen LogP contribution < -0.4 is 10.6 Å². The topological polar surface area (TPSA) is 27.3 Å². The summed E-state index contributed by atoms with van der Waals surface area (Å²) in [6, 6.07) is 9.19. The van der Waals surface area contributed by atoms with Gasteiger partial charge in [0.1, 0.15) is 0 Å². The van der Waals surface area contributed by atoms with Crippen molar-refractivity contribution < 1.29 is 0 Å². The first-order chi connectivity index (χ1) is 10.2. The number of rotatable bonds is 3. The fourth-order valence-corrected chi connectivity index (χ4v) is 3.57. The van der Waals surface area contributed by atoms with E-state index < -0.39 is 0 Å². The molecule has 1 aromatic rings. The molecule has 2 fully saturated rings. The van der Waals surface area contributed by atoms with Crippen LogP contribution >= 0.6 is 0 Å². The number of nitrogens with one attached hydrogen (secondary N) is 2. The number of nitrogens with zero attached hydrogens (tertiary/aromatic N) is 1. The highest BCUT2D eigenvalue weighted by molar-refractivity contribution is 5.24. The third-order valence-corrected chi connectivity index (χ3v) is 5.13. The molecule has 2 aliphatic heterocycles. The van der Waals surface area contributed by atoms with E-state index in [1.807, 2.05) is 0 Å². The van der Waals surface area contributed by atoms with Crippen molar-refractivity contribution >= 4 is 0 Å². The van der Waals surface area contributed by atoms with Gasteiger partial charge < -0.3 is 10.6 Å². The third-order valence-electron chi connectivity index (χ3n) is 5.13. The summed E-state index contributed by atoms with van der Waals surface area (Å²) < 4.78 is 0. The zero-order valence-corrected chi connectivity index (χ0v) is 13.5. The van der Waals surface area contributed by atoms with Crippen molar-refractivity contribution in [3.05, 3.63) is 35.4 Å². The second-order valence-corrected chi connectivity index (χ2v) is 7.06. The van der Waals surface area contributed by atoms with Crippen molar-refractivity contribution in [1.29, 1.82) is 0 Å². The van der Waals surface area contributed by atoms with Crippen LogP contribution in [0.5, 0.6) is 0 Å². The van der Waals surface area contributed by atoms with Gasteiger partial charge in [-0.15, -0.1) is 0 Å². The molecule has 116 valence electrons. The molecule has 0 amide bonds. The Hall–Kier alpha value is -0.900. The first-order valence-electron chi connectivity index (χ1n) is 8.44. The molecule has 0 saturated carbocycles. The summed E-state index contributed by atoms with van der Waals surface area (Å²) in [5, 5.41) is 7.30. The number of benzene rings is 1. The van der Waals surface area contributed by atoms with Gasteiger partial charge in [0.15, 0.2) is 0 Å². The largest absolute Gasteiger partial charge is 0.314 e. The number of piperazine rings is 1. The molecule has 3 heteroatoms. The molecular weight excluding hydrogens is 258 g/mol. The smallest absolute Gasteiger partial charge is 0.0331 e. The molecule has 0 unspecified atom stereocenters. The normalized spacial score (nSPS) is 22.8. The van der Waals surface area contributed by atoms with Crippen molar-refractivity contribution in [1.82, 2.24) is 15.5 Å². The lowest BCUT2D eigenvalue weighted by atomic mass is 9.86. The lowest BCUT2D eigenvalue weighted by Gasteiger charge is -2.45. The maximum atomic E-state index is 3.75. The van der Waals surface area contributed by atoms with Gasteiger partial charge >= 0.3 is 0 Å². The molecule has 1 spiro atoms. The Morgan fingerprint density at radius 3 is 2.38 bits per heavy atom. The lowest BCUT2D eigenvalue weighted by molar-refractivity contribution is 0.116. The van der Waals surface area contributed by atoms with Crippen molar-refractivity contribution in [2.75, 3.05) is 32.7 Å². The van der Waals surface area contributed by atoms with Crippen LogP contribution in [0.2, 0.25) is 0 Å². The van der Waals surface area contributed by atoms with Crippen LogP contribution in [0.3, 0.4) is 0 Å². The van der Waals surface area contributed by atoms with Gasteiger partial charge in [-0.1, -0.05) is 38.1 Å². The molecule has 3 nitrogen and oxygen atoms in total. The van der Waals surface area contributed by atoms with E-state index in [0.717, 1.165) is 26.2 Å². The predicted octanol–water partition coefficient (Wildman–Crippen LogP) is 2.34. The molecule has 2 heterocycles. The van der Waals surface area contributed by atoms with Crippen LogP contribution in [0.1, 0.15) is 43.7 Å². The summed E-state index contributed by atoms with van der Waals surface area (Å²) in [7, 11) is 0. The Balaban J connectivity index is 1.53. The SMILES string of the molecule is CC(C)c1ccc(CN2CCC3(CC2)CNCCN3)cc1. The van der Waals surface area contributed by atoms with E-state index in [9.17, 15) is 0 Å². The van der Waals surface area contributed by atoms with Crippen LogP contribution in [0.25, 0.3) is 0 Å². The summed E-state index contributed by atoms with van der Waals surface area (Å²) in [5.41, 5.74) is 3.26. The van der Waals surface area contributed by atoms with Gasteiger partial charge in [-0.2, -0.15) is 0 Å². The molecule has 2 N–H and O–H groups in total. The van der Waals surface area contributed by atoms with Gasteiger partial charge in [0, 0.05) is 44.8 Å². The van der Waals surface area contributed by atoms with E-state index in [4.69, 9.17) is 0 Å². The van der Waals surface area contributed by atoms with Crippen molar-refractivity contribution in [2.24, 2.45) is 0 Å². The minimum Gasteiger partial charge on any atom is -0.314 e. The van der Waals surface area contributed by atoms with Gasteiger partial charge in [0.25, 0.3) is 0 Å². The Kier molecular flexibility index (Phi) is 4.63. The summed E-state index contributed by atoms with van der Waals surface area (Å²) in [4.78, 5) is 2.60. The van der Waals surface area contributed by atoms with Crippen molar-refractivity contribution in [3.63, 3.8) is 0 Å². The fraction of sp³-hybridized carbons (Fsp3) is 0.667. The Morgan fingerprint density at radius 1 is 1.10 bits per heavy atom. The monoisotopic (exact) mass is 287 g/mol. The van der Waals surface area contributed by atoms with Gasteiger partial charge in [-0.25, -0.2) is 0 Å². The second kappa shape index (κ2) is 6.47. The van der Waals surface area contributed by atoms with E-state index in [1.54, 1.807) is 0 Å². The van der Waals surface area contributed by atoms with Crippen LogP contribution in [-0.4, -0.2) is 43.2 Å². The van der Waals surface area contributed by atoms with Crippen LogP contribution in [0.4, 0.5) is 0 Å². The average Bonchev–Trinajstić information content (AvgIpc) is 2.51. The molecule has 0 radical (unpaired) electrons. The first kappa shape index (κ1) is 15.0. The maximum absolute atomic E-state index is 3.75. The van der Waals surface area contributed by atoms with Crippen LogP contribution in [0.15, 0.2) is 24.3 Å².